The van der Waals surface area contributed by atoms with E-state index in [-0.39, 0.29) is 33.4 Å². The number of carboxylic acid groups (broad SMARTS) is 1. The summed E-state index contributed by atoms with van der Waals surface area (Å²) in [6.45, 7) is 2.53. The lowest BCUT2D eigenvalue weighted by molar-refractivity contribution is -0.115. The summed E-state index contributed by atoms with van der Waals surface area (Å²) in [7, 11) is -3.97. The van der Waals surface area contributed by atoms with Gasteiger partial charge in [0.25, 0.3) is 0 Å². The van der Waals surface area contributed by atoms with Gasteiger partial charge >= 0.3 is 5.97 Å². The Morgan fingerprint density at radius 3 is 2.33 bits per heavy atom. The summed E-state index contributed by atoms with van der Waals surface area (Å²) in [5.74, 6) is -1.72. The summed E-state index contributed by atoms with van der Waals surface area (Å²) >= 11 is 5.95. The fourth-order valence-electron chi connectivity index (χ4n) is 3.49. The molecule has 3 aromatic rings. The lowest BCUT2D eigenvalue weighted by atomic mass is 10.1. The molecule has 0 unspecified atom stereocenters. The Labute approximate surface area is 214 Å². The monoisotopic (exact) mass is 530 g/mol. The van der Waals surface area contributed by atoms with Crippen LogP contribution in [0, 0.1) is 0 Å². The standard InChI is InChI=1S/C26H27ClN2O6S/c1-2-25(31)29-23-11-10-21(15-22(23)26(32)33)36(34,35)20-8-6-17(7-9-20)12-13-28-16-24(30)18-4-3-5-19(27)14-18/h3-11,14-15,24,28,30H,2,12-13,16H2,1H3,(H,29,31)(H,32,33)/t24-/m1/s1. The van der Waals surface area contributed by atoms with Crippen LogP contribution < -0.4 is 10.6 Å². The van der Waals surface area contributed by atoms with Crippen molar-refractivity contribution in [1.29, 1.82) is 0 Å². The van der Waals surface area contributed by atoms with Gasteiger partial charge in [-0.1, -0.05) is 42.8 Å². The number of aliphatic hydroxyl groups is 1. The minimum atomic E-state index is -3.97. The molecular weight excluding hydrogens is 504 g/mol. The third-order valence-corrected chi connectivity index (χ3v) is 7.52. The third kappa shape index (κ3) is 6.92. The predicted molar refractivity (Wildman–Crippen MR) is 137 cm³/mol. The van der Waals surface area contributed by atoms with Gasteiger partial charge in [0.1, 0.15) is 0 Å². The van der Waals surface area contributed by atoms with Crippen LogP contribution in [-0.4, -0.2) is 43.6 Å². The second-order valence-corrected chi connectivity index (χ2v) is 10.5. The van der Waals surface area contributed by atoms with Crippen molar-refractivity contribution in [3.05, 3.63) is 88.4 Å². The van der Waals surface area contributed by atoms with Gasteiger partial charge in [-0.05, 0) is 66.6 Å². The van der Waals surface area contributed by atoms with E-state index >= 15 is 0 Å². The maximum Gasteiger partial charge on any atom is 0.337 e. The van der Waals surface area contributed by atoms with Crippen LogP contribution in [-0.2, 0) is 21.1 Å². The first-order valence-electron chi connectivity index (χ1n) is 11.3. The van der Waals surface area contributed by atoms with E-state index in [1.54, 1.807) is 43.3 Å². The van der Waals surface area contributed by atoms with Gasteiger partial charge in [-0.2, -0.15) is 0 Å². The molecule has 8 nitrogen and oxygen atoms in total. The van der Waals surface area contributed by atoms with Crippen LogP contribution in [0.15, 0.2) is 76.5 Å². The Morgan fingerprint density at radius 2 is 1.69 bits per heavy atom. The molecule has 0 saturated heterocycles. The molecule has 0 aliphatic carbocycles. The normalized spacial score (nSPS) is 12.2. The fourth-order valence-corrected chi connectivity index (χ4v) is 4.98. The number of amides is 1. The number of nitrogens with one attached hydrogen (secondary N) is 2. The Bertz CT molecular complexity index is 1340. The topological polar surface area (TPSA) is 133 Å². The van der Waals surface area contributed by atoms with E-state index in [1.165, 1.54) is 24.3 Å². The van der Waals surface area contributed by atoms with Crippen molar-refractivity contribution >= 4 is 39.0 Å². The zero-order valence-corrected chi connectivity index (χ0v) is 21.1. The second kappa shape index (κ2) is 12.1. The van der Waals surface area contributed by atoms with E-state index in [4.69, 9.17) is 11.6 Å². The van der Waals surface area contributed by atoms with E-state index in [0.29, 0.717) is 24.5 Å². The molecule has 0 heterocycles. The summed E-state index contributed by atoms with van der Waals surface area (Å²) in [6, 6.07) is 16.9. The van der Waals surface area contributed by atoms with Crippen LogP contribution >= 0.6 is 11.6 Å². The number of carbonyl (C=O) groups is 2. The molecule has 10 heteroatoms. The van der Waals surface area contributed by atoms with Crippen LogP contribution in [0.5, 0.6) is 0 Å². The van der Waals surface area contributed by atoms with E-state index in [0.717, 1.165) is 17.2 Å². The fraction of sp³-hybridized carbons (Fsp3) is 0.231. The Morgan fingerprint density at radius 1 is 1.00 bits per heavy atom. The molecule has 0 bridgehead atoms. The molecule has 0 aromatic heterocycles. The first kappa shape index (κ1) is 27.3. The number of benzene rings is 3. The summed E-state index contributed by atoms with van der Waals surface area (Å²) in [5, 5.41) is 25.9. The van der Waals surface area contributed by atoms with Gasteiger partial charge in [0.15, 0.2) is 0 Å². The predicted octanol–water partition coefficient (Wildman–Crippen LogP) is 4.09. The number of hydrogen-bond acceptors (Lipinski definition) is 6. The average Bonchev–Trinajstić information content (AvgIpc) is 2.86. The van der Waals surface area contributed by atoms with Gasteiger partial charge < -0.3 is 20.8 Å². The van der Waals surface area contributed by atoms with Crippen molar-refractivity contribution in [2.45, 2.75) is 35.7 Å². The van der Waals surface area contributed by atoms with Crippen molar-refractivity contribution < 1.29 is 28.2 Å². The van der Waals surface area contributed by atoms with Crippen LogP contribution in [0.2, 0.25) is 5.02 Å². The third-order valence-electron chi connectivity index (χ3n) is 5.52. The Balaban J connectivity index is 1.64. The molecule has 0 spiro atoms. The highest BCUT2D eigenvalue weighted by atomic mass is 35.5. The number of aliphatic hydroxyl groups excluding tert-OH is 1. The van der Waals surface area contributed by atoms with Crippen molar-refractivity contribution in [2.75, 3.05) is 18.4 Å². The molecule has 4 N–H and O–H groups in total. The smallest absolute Gasteiger partial charge is 0.337 e. The van der Waals surface area contributed by atoms with Crippen molar-refractivity contribution in [1.82, 2.24) is 5.32 Å². The highest BCUT2D eigenvalue weighted by molar-refractivity contribution is 7.91. The largest absolute Gasteiger partial charge is 0.478 e. The highest BCUT2D eigenvalue weighted by Gasteiger charge is 2.22. The lowest BCUT2D eigenvalue weighted by Crippen LogP contribution is -2.23. The molecule has 0 aliphatic heterocycles. The summed E-state index contributed by atoms with van der Waals surface area (Å²) < 4.78 is 26.1. The number of aromatic carboxylic acids is 1. The van der Waals surface area contributed by atoms with Gasteiger partial charge in [-0.3, -0.25) is 4.79 Å². The molecule has 0 fully saturated rings. The van der Waals surface area contributed by atoms with Crippen LogP contribution in [0.4, 0.5) is 5.69 Å². The Kier molecular flexibility index (Phi) is 9.22. The number of carbonyl (C=O) groups excluding carboxylic acids is 1. The maximum absolute atomic E-state index is 13.1. The highest BCUT2D eigenvalue weighted by Crippen LogP contribution is 2.26. The summed E-state index contributed by atoms with van der Waals surface area (Å²) in [6.07, 6.45) is 0.0645. The van der Waals surface area contributed by atoms with Crippen LogP contribution in [0.1, 0.15) is 40.9 Å². The molecule has 36 heavy (non-hydrogen) atoms. The number of carboxylic acids is 1. The number of sulfone groups is 1. The zero-order chi connectivity index (χ0) is 26.3. The molecule has 1 atom stereocenters. The Hall–Kier alpha value is -3.24. The molecule has 3 rings (SSSR count). The van der Waals surface area contributed by atoms with Gasteiger partial charge in [0.2, 0.25) is 15.7 Å². The number of rotatable bonds is 11. The van der Waals surface area contributed by atoms with E-state index in [9.17, 15) is 28.2 Å². The number of halogens is 1. The quantitative estimate of drug-likeness (QED) is 0.274. The second-order valence-electron chi connectivity index (χ2n) is 8.09. The molecule has 190 valence electrons. The molecule has 0 saturated carbocycles. The lowest BCUT2D eigenvalue weighted by Gasteiger charge is -2.13. The first-order valence-corrected chi connectivity index (χ1v) is 13.1. The average molecular weight is 531 g/mol. The van der Waals surface area contributed by atoms with Gasteiger partial charge in [-0.15, -0.1) is 0 Å². The van der Waals surface area contributed by atoms with Gasteiger partial charge in [-0.25, -0.2) is 13.2 Å². The van der Waals surface area contributed by atoms with Gasteiger partial charge in [0, 0.05) is 18.0 Å². The van der Waals surface area contributed by atoms with Crippen LogP contribution in [0.3, 0.4) is 0 Å². The molecule has 0 aliphatic rings. The van der Waals surface area contributed by atoms with E-state index in [1.807, 2.05) is 0 Å². The zero-order valence-electron chi connectivity index (χ0n) is 19.6. The van der Waals surface area contributed by atoms with Crippen molar-refractivity contribution in [2.24, 2.45) is 0 Å². The molecule has 1 amide bonds. The summed E-state index contributed by atoms with van der Waals surface area (Å²) in [4.78, 5) is 23.1. The number of hydrogen-bond donors (Lipinski definition) is 4. The SMILES string of the molecule is CCC(=O)Nc1ccc(S(=O)(=O)c2ccc(CCNC[C@@H](O)c3cccc(Cl)c3)cc2)cc1C(=O)O. The summed E-state index contributed by atoms with van der Waals surface area (Å²) in [5.41, 5.74) is 1.34. The van der Waals surface area contributed by atoms with E-state index in [2.05, 4.69) is 10.6 Å². The van der Waals surface area contributed by atoms with Gasteiger partial charge in [0.05, 0.1) is 27.1 Å². The first-order chi connectivity index (χ1) is 17.1. The van der Waals surface area contributed by atoms with Crippen LogP contribution in [0.25, 0.3) is 0 Å². The van der Waals surface area contributed by atoms with Crippen molar-refractivity contribution in [3.8, 4) is 0 Å². The van der Waals surface area contributed by atoms with Crippen molar-refractivity contribution in [3.63, 3.8) is 0 Å². The molecule has 3 aromatic carbocycles. The minimum absolute atomic E-state index is 0.0253. The van der Waals surface area contributed by atoms with E-state index < -0.39 is 21.9 Å². The number of anilines is 1. The molecular formula is C26H27ClN2O6S. The minimum Gasteiger partial charge on any atom is -0.478 e. The maximum atomic E-state index is 13.1. The molecule has 0 radical (unpaired) electrons.